The molecule has 108 valence electrons. The smallest absolute Gasteiger partial charge is 0.354 e. The van der Waals surface area contributed by atoms with Gasteiger partial charge in [-0.25, -0.2) is 0 Å². The Balaban J connectivity index is 2.43. The maximum absolute atomic E-state index is 12.8. The first-order valence-electron chi connectivity index (χ1n) is 6.27. The number of benzene rings is 2. The first-order valence-corrected chi connectivity index (χ1v) is 6.27. The third-order valence-corrected chi connectivity index (χ3v) is 3.13. The molecule has 0 radical (unpaired) electrons. The standard InChI is InChI=1S/C16H13F3N2/c1-10-3-6-14(12(7-10)9-20)21-15-8-13(16(17,18)19)5-4-11(15)2/h3-8,21H,1-2H3. The van der Waals surface area contributed by atoms with Crippen molar-refractivity contribution in [2.45, 2.75) is 20.0 Å². The molecule has 0 aliphatic heterocycles. The highest BCUT2D eigenvalue weighted by Crippen LogP contribution is 2.33. The van der Waals surface area contributed by atoms with Crippen LogP contribution in [-0.2, 0) is 6.18 Å². The molecular formula is C16H13F3N2. The van der Waals surface area contributed by atoms with E-state index in [0.717, 1.165) is 17.7 Å². The summed E-state index contributed by atoms with van der Waals surface area (Å²) in [5.41, 5.74) is 2.09. The predicted molar refractivity (Wildman–Crippen MR) is 75.4 cm³/mol. The summed E-state index contributed by atoms with van der Waals surface area (Å²) in [4.78, 5) is 0. The minimum Gasteiger partial charge on any atom is -0.354 e. The van der Waals surface area contributed by atoms with Crippen LogP contribution in [0.15, 0.2) is 36.4 Å². The van der Waals surface area contributed by atoms with Gasteiger partial charge in [0.25, 0.3) is 0 Å². The normalized spacial score (nSPS) is 11.0. The van der Waals surface area contributed by atoms with E-state index < -0.39 is 11.7 Å². The van der Waals surface area contributed by atoms with E-state index in [1.807, 2.05) is 13.0 Å². The molecule has 2 rings (SSSR count). The first-order chi connectivity index (χ1) is 9.81. The van der Waals surface area contributed by atoms with Crippen LogP contribution in [0.2, 0.25) is 0 Å². The zero-order chi connectivity index (χ0) is 15.6. The van der Waals surface area contributed by atoms with Crippen molar-refractivity contribution in [1.29, 1.82) is 5.26 Å². The van der Waals surface area contributed by atoms with Gasteiger partial charge in [-0.2, -0.15) is 18.4 Å². The highest BCUT2D eigenvalue weighted by molar-refractivity contribution is 5.69. The molecule has 5 heteroatoms. The van der Waals surface area contributed by atoms with Crippen LogP contribution in [0.3, 0.4) is 0 Å². The number of aryl methyl sites for hydroxylation is 2. The van der Waals surface area contributed by atoms with Gasteiger partial charge in [-0.15, -0.1) is 0 Å². The van der Waals surface area contributed by atoms with Crippen molar-refractivity contribution in [3.05, 3.63) is 58.7 Å². The second-order valence-corrected chi connectivity index (χ2v) is 4.81. The van der Waals surface area contributed by atoms with Crippen LogP contribution >= 0.6 is 0 Å². The van der Waals surface area contributed by atoms with E-state index in [1.165, 1.54) is 6.07 Å². The Bertz CT molecular complexity index is 712. The van der Waals surface area contributed by atoms with Crippen molar-refractivity contribution in [3.63, 3.8) is 0 Å². The van der Waals surface area contributed by atoms with Crippen molar-refractivity contribution in [1.82, 2.24) is 0 Å². The molecule has 2 aromatic rings. The van der Waals surface area contributed by atoms with Crippen molar-refractivity contribution in [2.24, 2.45) is 0 Å². The zero-order valence-electron chi connectivity index (χ0n) is 11.5. The average molecular weight is 290 g/mol. The molecule has 0 saturated heterocycles. The molecule has 0 spiro atoms. The average Bonchev–Trinajstić information content (AvgIpc) is 2.41. The second-order valence-electron chi connectivity index (χ2n) is 4.81. The molecule has 0 amide bonds. The van der Waals surface area contributed by atoms with E-state index in [9.17, 15) is 13.2 Å². The Kier molecular flexibility index (Phi) is 3.90. The van der Waals surface area contributed by atoms with E-state index in [4.69, 9.17) is 5.26 Å². The van der Waals surface area contributed by atoms with Crippen LogP contribution < -0.4 is 5.32 Å². The van der Waals surface area contributed by atoms with Crippen molar-refractivity contribution < 1.29 is 13.2 Å². The largest absolute Gasteiger partial charge is 0.416 e. The van der Waals surface area contributed by atoms with Crippen LogP contribution in [0.1, 0.15) is 22.3 Å². The van der Waals surface area contributed by atoms with E-state index >= 15 is 0 Å². The minimum atomic E-state index is -4.39. The molecule has 0 heterocycles. The molecule has 2 nitrogen and oxygen atoms in total. The Hall–Kier alpha value is -2.48. The maximum Gasteiger partial charge on any atom is 0.416 e. The lowest BCUT2D eigenvalue weighted by molar-refractivity contribution is -0.137. The summed E-state index contributed by atoms with van der Waals surface area (Å²) in [7, 11) is 0. The van der Waals surface area contributed by atoms with Crippen LogP contribution in [0, 0.1) is 25.2 Å². The van der Waals surface area contributed by atoms with E-state index in [2.05, 4.69) is 5.32 Å². The third-order valence-electron chi connectivity index (χ3n) is 3.13. The fourth-order valence-corrected chi connectivity index (χ4v) is 1.94. The fraction of sp³-hybridized carbons (Fsp3) is 0.188. The van der Waals surface area contributed by atoms with Gasteiger partial charge in [-0.1, -0.05) is 12.1 Å². The molecule has 0 unspecified atom stereocenters. The van der Waals surface area contributed by atoms with Crippen LogP contribution in [-0.4, -0.2) is 0 Å². The number of nitrogens with zero attached hydrogens (tertiary/aromatic N) is 1. The predicted octanol–water partition coefficient (Wildman–Crippen LogP) is 4.94. The van der Waals surface area contributed by atoms with Crippen LogP contribution in [0.25, 0.3) is 0 Å². The Morgan fingerprint density at radius 2 is 1.71 bits per heavy atom. The van der Waals surface area contributed by atoms with Gasteiger partial charge in [-0.05, 0) is 49.2 Å². The number of nitrogens with one attached hydrogen (secondary N) is 1. The van der Waals surface area contributed by atoms with Gasteiger partial charge < -0.3 is 5.32 Å². The topological polar surface area (TPSA) is 35.8 Å². The molecule has 0 fully saturated rings. The Morgan fingerprint density at radius 1 is 1.00 bits per heavy atom. The van der Waals surface area contributed by atoms with Gasteiger partial charge in [0.05, 0.1) is 16.8 Å². The van der Waals surface area contributed by atoms with Gasteiger partial charge in [0.15, 0.2) is 0 Å². The Morgan fingerprint density at radius 3 is 2.33 bits per heavy atom. The summed E-state index contributed by atoms with van der Waals surface area (Å²) in [5, 5.41) is 12.0. The highest BCUT2D eigenvalue weighted by atomic mass is 19.4. The summed E-state index contributed by atoms with van der Waals surface area (Å²) in [6.45, 7) is 3.56. The Labute approximate surface area is 120 Å². The van der Waals surface area contributed by atoms with Crippen LogP contribution in [0.5, 0.6) is 0 Å². The summed E-state index contributed by atoms with van der Waals surface area (Å²) < 4.78 is 38.3. The molecular weight excluding hydrogens is 277 g/mol. The molecule has 1 N–H and O–H groups in total. The lowest BCUT2D eigenvalue weighted by Crippen LogP contribution is -2.06. The van der Waals surface area contributed by atoms with Gasteiger partial charge >= 0.3 is 6.18 Å². The summed E-state index contributed by atoms with van der Waals surface area (Å²) >= 11 is 0. The van der Waals surface area contributed by atoms with Crippen molar-refractivity contribution >= 4 is 11.4 Å². The maximum atomic E-state index is 12.8. The van der Waals surface area contributed by atoms with Gasteiger partial charge in [0.2, 0.25) is 0 Å². The number of alkyl halides is 3. The molecule has 0 saturated carbocycles. The number of halogens is 3. The summed E-state index contributed by atoms with van der Waals surface area (Å²) in [6, 6.07) is 10.7. The summed E-state index contributed by atoms with van der Waals surface area (Å²) in [6.07, 6.45) is -4.39. The molecule has 0 bridgehead atoms. The van der Waals surface area contributed by atoms with E-state index in [0.29, 0.717) is 22.5 Å². The lowest BCUT2D eigenvalue weighted by atomic mass is 10.1. The minimum absolute atomic E-state index is 0.338. The molecule has 0 aliphatic carbocycles. The van der Waals surface area contributed by atoms with Crippen molar-refractivity contribution in [2.75, 3.05) is 5.32 Å². The molecule has 0 aliphatic rings. The highest BCUT2D eigenvalue weighted by Gasteiger charge is 2.30. The molecule has 2 aromatic carbocycles. The van der Waals surface area contributed by atoms with Gasteiger partial charge in [-0.3, -0.25) is 0 Å². The molecule has 0 aromatic heterocycles. The van der Waals surface area contributed by atoms with Crippen LogP contribution in [0.4, 0.5) is 24.5 Å². The van der Waals surface area contributed by atoms with Gasteiger partial charge in [0, 0.05) is 5.69 Å². The summed E-state index contributed by atoms with van der Waals surface area (Å²) in [5.74, 6) is 0. The fourth-order valence-electron chi connectivity index (χ4n) is 1.94. The number of rotatable bonds is 2. The first kappa shape index (κ1) is 14.9. The van der Waals surface area contributed by atoms with Crippen molar-refractivity contribution in [3.8, 4) is 6.07 Å². The number of nitriles is 1. The number of anilines is 2. The lowest BCUT2D eigenvalue weighted by Gasteiger charge is -2.14. The van der Waals surface area contributed by atoms with E-state index in [-0.39, 0.29) is 0 Å². The zero-order valence-corrected chi connectivity index (χ0v) is 11.5. The SMILES string of the molecule is Cc1ccc(Nc2cc(C(F)(F)F)ccc2C)c(C#N)c1. The number of hydrogen-bond acceptors (Lipinski definition) is 2. The monoisotopic (exact) mass is 290 g/mol. The molecule has 21 heavy (non-hydrogen) atoms. The quantitative estimate of drug-likeness (QED) is 0.850. The number of hydrogen-bond donors (Lipinski definition) is 1. The van der Waals surface area contributed by atoms with Gasteiger partial charge in [0.1, 0.15) is 6.07 Å². The van der Waals surface area contributed by atoms with E-state index in [1.54, 1.807) is 25.1 Å². The molecule has 0 atom stereocenters. The third kappa shape index (κ3) is 3.34. The second kappa shape index (κ2) is 5.49.